The van der Waals surface area contributed by atoms with Crippen LogP contribution in [0.2, 0.25) is 0 Å². The van der Waals surface area contributed by atoms with Gasteiger partial charge in [0.15, 0.2) is 0 Å². The maximum atomic E-state index is 12.4. The molecule has 1 fully saturated rings. The predicted molar refractivity (Wildman–Crippen MR) is 78.4 cm³/mol. The second-order valence-corrected chi connectivity index (χ2v) is 5.09. The van der Waals surface area contributed by atoms with Crippen molar-refractivity contribution in [1.29, 1.82) is 0 Å². The summed E-state index contributed by atoms with van der Waals surface area (Å²) in [6.07, 6.45) is 2.85. The van der Waals surface area contributed by atoms with Gasteiger partial charge >= 0.3 is 0 Å². The third-order valence-corrected chi connectivity index (χ3v) is 3.28. The van der Waals surface area contributed by atoms with Gasteiger partial charge in [0.05, 0.1) is 12.5 Å². The van der Waals surface area contributed by atoms with Gasteiger partial charge in [0, 0.05) is 27.2 Å². The van der Waals surface area contributed by atoms with Gasteiger partial charge in [-0.2, -0.15) is 0 Å². The quantitative estimate of drug-likeness (QED) is 0.813. The molecule has 1 atom stereocenters. The Balaban J connectivity index is 0.00000324. The van der Waals surface area contributed by atoms with Gasteiger partial charge in [-0.15, -0.1) is 12.4 Å². The first-order chi connectivity index (χ1) is 8.56. The number of hydrogen-bond donors (Lipinski definition) is 1. The first kappa shape index (κ1) is 18.2. The summed E-state index contributed by atoms with van der Waals surface area (Å²) in [5.41, 5.74) is 0. The molecule has 1 rings (SSSR count). The highest BCUT2D eigenvalue weighted by Gasteiger charge is 2.26. The molecule has 1 N–H and O–H groups in total. The maximum absolute atomic E-state index is 12.4. The van der Waals surface area contributed by atoms with Gasteiger partial charge in [-0.3, -0.25) is 9.59 Å². The number of likely N-dealkylation sites (N-methyl/N-ethyl adjacent to an activating group) is 1. The van der Waals surface area contributed by atoms with Crippen LogP contribution in [0.1, 0.15) is 26.2 Å². The molecule has 2 amide bonds. The van der Waals surface area contributed by atoms with E-state index in [0.717, 1.165) is 32.4 Å². The average molecular weight is 292 g/mol. The van der Waals surface area contributed by atoms with Crippen molar-refractivity contribution in [1.82, 2.24) is 15.1 Å². The Labute approximate surface area is 122 Å². The van der Waals surface area contributed by atoms with E-state index in [-0.39, 0.29) is 36.7 Å². The Morgan fingerprint density at radius 1 is 1.32 bits per heavy atom. The number of rotatable bonds is 5. The molecule has 112 valence electrons. The van der Waals surface area contributed by atoms with E-state index in [1.54, 1.807) is 19.0 Å². The van der Waals surface area contributed by atoms with Crippen LogP contribution in [0, 0.1) is 5.92 Å². The van der Waals surface area contributed by atoms with E-state index < -0.39 is 0 Å². The lowest BCUT2D eigenvalue weighted by Crippen LogP contribution is -2.46. The molecule has 5 nitrogen and oxygen atoms in total. The molecule has 0 aromatic rings. The van der Waals surface area contributed by atoms with E-state index in [2.05, 4.69) is 5.32 Å². The smallest absolute Gasteiger partial charge is 0.241 e. The van der Waals surface area contributed by atoms with Gasteiger partial charge in [-0.05, 0) is 25.8 Å². The summed E-state index contributed by atoms with van der Waals surface area (Å²) < 4.78 is 0. The molecule has 19 heavy (non-hydrogen) atoms. The van der Waals surface area contributed by atoms with Crippen molar-refractivity contribution in [3.05, 3.63) is 0 Å². The number of carbonyl (C=O) groups excluding carboxylic acids is 2. The Hall–Kier alpha value is -0.810. The molecule has 0 bridgehead atoms. The minimum Gasteiger partial charge on any atom is -0.347 e. The summed E-state index contributed by atoms with van der Waals surface area (Å²) in [6.45, 7) is 4.63. The summed E-state index contributed by atoms with van der Waals surface area (Å²) in [6, 6.07) is 0. The summed E-state index contributed by atoms with van der Waals surface area (Å²) in [7, 11) is 3.44. The zero-order chi connectivity index (χ0) is 13.5. The monoisotopic (exact) mass is 291 g/mol. The molecule has 6 heteroatoms. The van der Waals surface area contributed by atoms with Crippen molar-refractivity contribution in [2.45, 2.75) is 26.2 Å². The highest BCUT2D eigenvalue weighted by atomic mass is 35.5. The summed E-state index contributed by atoms with van der Waals surface area (Å²) in [4.78, 5) is 27.3. The molecule has 0 aliphatic carbocycles. The van der Waals surface area contributed by atoms with Crippen molar-refractivity contribution in [2.24, 2.45) is 5.92 Å². The second-order valence-electron chi connectivity index (χ2n) is 5.09. The number of halogens is 1. The average Bonchev–Trinajstić information content (AvgIpc) is 2.38. The summed E-state index contributed by atoms with van der Waals surface area (Å²) in [5.74, 6) is 0.153. The summed E-state index contributed by atoms with van der Waals surface area (Å²) in [5, 5.41) is 3.25. The van der Waals surface area contributed by atoms with Crippen LogP contribution in [0.5, 0.6) is 0 Å². The van der Waals surface area contributed by atoms with Crippen molar-refractivity contribution >= 4 is 24.2 Å². The van der Waals surface area contributed by atoms with Gasteiger partial charge in [-0.25, -0.2) is 0 Å². The standard InChI is InChI=1S/C13H25N3O2.ClH/c1-4-8-16(10-12(17)15(2)3)13(18)11-6-5-7-14-9-11;/h11,14H,4-10H2,1-3H3;1H/t11-;/m1./s1. The first-order valence-corrected chi connectivity index (χ1v) is 6.76. The fourth-order valence-electron chi connectivity index (χ4n) is 2.16. The Morgan fingerprint density at radius 3 is 2.47 bits per heavy atom. The van der Waals surface area contributed by atoms with Crippen LogP contribution in [0.3, 0.4) is 0 Å². The molecule has 0 aromatic carbocycles. The van der Waals surface area contributed by atoms with E-state index in [0.29, 0.717) is 6.54 Å². The van der Waals surface area contributed by atoms with Crippen LogP contribution in [0.4, 0.5) is 0 Å². The molecule has 0 saturated carbocycles. The van der Waals surface area contributed by atoms with Crippen molar-refractivity contribution < 1.29 is 9.59 Å². The molecule has 1 saturated heterocycles. The molecule has 1 aliphatic rings. The SMILES string of the molecule is CCCN(CC(=O)N(C)C)C(=O)[C@@H]1CCCNC1.Cl. The van der Waals surface area contributed by atoms with Crippen molar-refractivity contribution in [3.63, 3.8) is 0 Å². The number of carbonyl (C=O) groups is 2. The lowest BCUT2D eigenvalue weighted by atomic mass is 9.98. The third-order valence-electron chi connectivity index (χ3n) is 3.28. The number of nitrogens with zero attached hydrogens (tertiary/aromatic N) is 2. The summed E-state index contributed by atoms with van der Waals surface area (Å²) >= 11 is 0. The lowest BCUT2D eigenvalue weighted by molar-refractivity contribution is -0.142. The molecule has 0 unspecified atom stereocenters. The van der Waals surface area contributed by atoms with E-state index in [4.69, 9.17) is 0 Å². The van der Waals surface area contributed by atoms with Crippen LogP contribution in [0.25, 0.3) is 0 Å². The van der Waals surface area contributed by atoms with Gasteiger partial charge in [-0.1, -0.05) is 6.92 Å². The zero-order valence-electron chi connectivity index (χ0n) is 12.1. The van der Waals surface area contributed by atoms with Gasteiger partial charge in [0.1, 0.15) is 0 Å². The van der Waals surface area contributed by atoms with Crippen LogP contribution < -0.4 is 5.32 Å². The minimum atomic E-state index is -0.0134. The van der Waals surface area contributed by atoms with Crippen LogP contribution in [-0.4, -0.2) is 61.9 Å². The zero-order valence-corrected chi connectivity index (χ0v) is 13.0. The molecule has 0 radical (unpaired) electrons. The van der Waals surface area contributed by atoms with Gasteiger partial charge in [0.25, 0.3) is 0 Å². The molecule has 1 aliphatic heterocycles. The van der Waals surface area contributed by atoms with E-state index in [1.165, 1.54) is 4.90 Å². The maximum Gasteiger partial charge on any atom is 0.241 e. The minimum absolute atomic E-state index is 0. The molecule has 0 spiro atoms. The Kier molecular flexibility index (Phi) is 8.76. The van der Waals surface area contributed by atoms with Crippen molar-refractivity contribution in [2.75, 3.05) is 40.3 Å². The third kappa shape index (κ3) is 5.78. The number of piperidine rings is 1. The first-order valence-electron chi connectivity index (χ1n) is 6.76. The fraction of sp³-hybridized carbons (Fsp3) is 0.846. The van der Waals surface area contributed by atoms with Crippen molar-refractivity contribution in [3.8, 4) is 0 Å². The van der Waals surface area contributed by atoms with Gasteiger partial charge in [0.2, 0.25) is 11.8 Å². The van der Waals surface area contributed by atoms with Gasteiger partial charge < -0.3 is 15.1 Å². The highest BCUT2D eigenvalue weighted by Crippen LogP contribution is 2.13. The Morgan fingerprint density at radius 2 is 2.00 bits per heavy atom. The van der Waals surface area contributed by atoms with E-state index in [9.17, 15) is 9.59 Å². The number of hydrogen-bond acceptors (Lipinski definition) is 3. The highest BCUT2D eigenvalue weighted by molar-refractivity contribution is 5.86. The molecular weight excluding hydrogens is 266 g/mol. The number of amides is 2. The fourth-order valence-corrected chi connectivity index (χ4v) is 2.16. The largest absolute Gasteiger partial charge is 0.347 e. The normalized spacial score (nSPS) is 18.4. The van der Waals surface area contributed by atoms with E-state index in [1.807, 2.05) is 6.92 Å². The lowest BCUT2D eigenvalue weighted by Gasteiger charge is -2.29. The van der Waals surface area contributed by atoms with E-state index >= 15 is 0 Å². The predicted octanol–water partition coefficient (Wildman–Crippen LogP) is 0.735. The van der Waals surface area contributed by atoms with Crippen LogP contribution >= 0.6 is 12.4 Å². The molecule has 0 aromatic heterocycles. The molecular formula is C13H26ClN3O2. The van der Waals surface area contributed by atoms with Crippen LogP contribution in [-0.2, 0) is 9.59 Å². The Bertz CT molecular complexity index is 292. The number of nitrogens with one attached hydrogen (secondary N) is 1. The topological polar surface area (TPSA) is 52.7 Å². The second kappa shape index (κ2) is 9.15. The van der Waals surface area contributed by atoms with Crippen LogP contribution in [0.15, 0.2) is 0 Å². The molecule has 1 heterocycles.